The average molecular weight is 529 g/mol. The highest BCUT2D eigenvalue weighted by atomic mass is 127. The van der Waals surface area contributed by atoms with Crippen LogP contribution in [-0.4, -0.2) is 38.6 Å². The van der Waals surface area contributed by atoms with Crippen molar-refractivity contribution in [3.8, 4) is 22.5 Å². The lowest BCUT2D eigenvalue weighted by atomic mass is 9.76. The molecule has 31 heavy (non-hydrogen) atoms. The minimum Gasteiger partial charge on any atom is -0.272 e. The minimum atomic E-state index is 0.411. The molecule has 1 aliphatic rings. The smallest absolute Gasteiger partial charge is 0.0999 e. The summed E-state index contributed by atoms with van der Waals surface area (Å²) in [6.45, 7) is 5.39. The van der Waals surface area contributed by atoms with E-state index in [4.69, 9.17) is 4.98 Å². The molecule has 4 aromatic heterocycles. The van der Waals surface area contributed by atoms with E-state index in [0.29, 0.717) is 6.04 Å². The first-order chi connectivity index (χ1) is 15.2. The van der Waals surface area contributed by atoms with Gasteiger partial charge in [-0.05, 0) is 43.6 Å². The molecule has 5 rings (SSSR count). The van der Waals surface area contributed by atoms with Crippen LogP contribution in [0.1, 0.15) is 45.6 Å². The van der Waals surface area contributed by atoms with E-state index in [0.717, 1.165) is 59.3 Å². The van der Waals surface area contributed by atoms with Gasteiger partial charge in [0.2, 0.25) is 0 Å². The van der Waals surface area contributed by atoms with Gasteiger partial charge in [-0.2, -0.15) is 15.3 Å². The van der Waals surface area contributed by atoms with E-state index in [1.807, 2.05) is 35.4 Å². The Bertz CT molecular complexity index is 1160. The van der Waals surface area contributed by atoms with Gasteiger partial charge in [-0.1, -0.05) is 36.4 Å². The van der Waals surface area contributed by atoms with Crippen LogP contribution in [0.4, 0.5) is 0 Å². The Morgan fingerprint density at radius 1 is 1.00 bits per heavy atom. The highest BCUT2D eigenvalue weighted by Gasteiger charge is 2.28. The lowest BCUT2D eigenvalue weighted by Crippen LogP contribution is -2.28. The first-order valence-electron chi connectivity index (χ1n) is 11.2. The number of fused-ring (bicyclic) bond motifs is 1. The summed E-state index contributed by atoms with van der Waals surface area (Å²) in [7, 11) is 0. The second kappa shape index (κ2) is 8.72. The molecule has 0 aliphatic heterocycles. The summed E-state index contributed by atoms with van der Waals surface area (Å²) in [5.41, 5.74) is 4.82. The zero-order chi connectivity index (χ0) is 21.4. The van der Waals surface area contributed by atoms with Crippen molar-refractivity contribution in [2.45, 2.75) is 52.1 Å². The Balaban J connectivity index is 1.45. The molecule has 0 N–H and O–H groups in total. The van der Waals surface area contributed by atoms with Crippen LogP contribution in [0.2, 0.25) is 0 Å². The van der Waals surface area contributed by atoms with Gasteiger partial charge >= 0.3 is 0 Å². The van der Waals surface area contributed by atoms with E-state index in [1.54, 1.807) is 0 Å². The molecule has 4 aromatic rings. The summed E-state index contributed by atoms with van der Waals surface area (Å²) in [6, 6.07) is 2.42. The molecule has 1 saturated carbocycles. The van der Waals surface area contributed by atoms with Gasteiger partial charge in [-0.25, -0.2) is 9.50 Å². The Morgan fingerprint density at radius 3 is 2.58 bits per heavy atom. The summed E-state index contributed by atoms with van der Waals surface area (Å²) in [5.74, 6) is 1.65. The molecule has 0 saturated heterocycles. The quantitative estimate of drug-likeness (QED) is 0.230. The molecule has 0 bridgehead atoms. The Kier molecular flexibility index (Phi) is 5.81. The predicted octanol–water partition coefficient (Wildman–Crippen LogP) is 5.28. The second-order valence-corrected chi connectivity index (χ2v) is 9.50. The third-order valence-electron chi connectivity index (χ3n) is 6.51. The molecule has 0 radical (unpaired) electrons. The minimum absolute atomic E-state index is 0.411. The van der Waals surface area contributed by atoms with Crippen LogP contribution in [0.15, 0.2) is 43.2 Å². The molecule has 7 nitrogen and oxygen atoms in total. The fourth-order valence-electron chi connectivity index (χ4n) is 4.61. The van der Waals surface area contributed by atoms with Gasteiger partial charge in [0.25, 0.3) is 0 Å². The van der Waals surface area contributed by atoms with Crippen molar-refractivity contribution >= 4 is 28.1 Å². The van der Waals surface area contributed by atoms with Crippen molar-refractivity contribution in [1.82, 2.24) is 34.2 Å². The van der Waals surface area contributed by atoms with Crippen molar-refractivity contribution in [1.29, 1.82) is 0 Å². The molecular formula is C23H28IN7. The molecule has 4 heterocycles. The number of nitrogens with zero attached hydrogens (tertiary/aromatic N) is 7. The van der Waals surface area contributed by atoms with E-state index in [2.05, 4.69) is 73.5 Å². The van der Waals surface area contributed by atoms with Crippen molar-refractivity contribution in [2.75, 3.05) is 4.43 Å². The normalized spacial score (nSPS) is 18.7. The predicted molar refractivity (Wildman–Crippen MR) is 130 cm³/mol. The summed E-state index contributed by atoms with van der Waals surface area (Å²) in [5, 5.41) is 13.7. The van der Waals surface area contributed by atoms with Crippen LogP contribution in [0.25, 0.3) is 28.0 Å². The molecule has 162 valence electrons. The van der Waals surface area contributed by atoms with Crippen LogP contribution in [0.3, 0.4) is 0 Å². The number of hydrogen-bond acceptors (Lipinski definition) is 4. The summed E-state index contributed by atoms with van der Waals surface area (Å²) in [4.78, 5) is 5.02. The molecule has 0 unspecified atom stereocenters. The summed E-state index contributed by atoms with van der Waals surface area (Å²) < 4.78 is 7.31. The maximum atomic E-state index is 5.02. The maximum absolute atomic E-state index is 5.02. The fraction of sp³-hybridized carbons (Fsp3) is 0.478. The molecule has 1 fully saturated rings. The Hall–Kier alpha value is -2.23. The van der Waals surface area contributed by atoms with Gasteiger partial charge in [0, 0.05) is 34.5 Å². The van der Waals surface area contributed by atoms with E-state index in [-0.39, 0.29) is 0 Å². The molecule has 0 atom stereocenters. The highest BCUT2D eigenvalue weighted by molar-refractivity contribution is 14.1. The second-order valence-electron chi connectivity index (χ2n) is 8.62. The molecule has 0 spiro atoms. The van der Waals surface area contributed by atoms with Crippen LogP contribution in [-0.2, 0) is 6.54 Å². The lowest BCUT2D eigenvalue weighted by molar-refractivity contribution is 0.188. The highest BCUT2D eigenvalue weighted by Crippen LogP contribution is 2.36. The zero-order valence-corrected chi connectivity index (χ0v) is 20.2. The first kappa shape index (κ1) is 20.7. The largest absolute Gasteiger partial charge is 0.272 e. The Labute approximate surface area is 196 Å². The molecule has 1 aliphatic carbocycles. The van der Waals surface area contributed by atoms with Gasteiger partial charge in [0.15, 0.2) is 0 Å². The molecular weight excluding hydrogens is 501 g/mol. The van der Waals surface area contributed by atoms with Crippen LogP contribution >= 0.6 is 22.6 Å². The average Bonchev–Trinajstić information content (AvgIpc) is 3.51. The van der Waals surface area contributed by atoms with Crippen molar-refractivity contribution in [3.05, 3.63) is 43.2 Å². The molecule has 8 heteroatoms. The van der Waals surface area contributed by atoms with Crippen LogP contribution < -0.4 is 0 Å². The monoisotopic (exact) mass is 529 g/mol. The summed E-state index contributed by atoms with van der Waals surface area (Å²) >= 11 is 2.50. The first-order valence-corrected chi connectivity index (χ1v) is 12.7. The maximum Gasteiger partial charge on any atom is 0.0999 e. The molecule has 0 aromatic carbocycles. The summed E-state index contributed by atoms with van der Waals surface area (Å²) in [6.07, 6.45) is 16.6. The standard InChI is InChI=1S/C23H28IN7/c1-3-20(4-2)30-14-19(11-27-30)23-22-5-6-25-31(22)15-21(28-23)18-10-26-29(13-18)12-17-7-16(8-17)9-24/h5-6,10-11,13-17,20H,3-4,7-9,12H2,1-2H3. The van der Waals surface area contributed by atoms with Gasteiger partial charge in [0.1, 0.15) is 0 Å². The van der Waals surface area contributed by atoms with Crippen molar-refractivity contribution in [2.24, 2.45) is 11.8 Å². The van der Waals surface area contributed by atoms with Crippen LogP contribution in [0, 0.1) is 11.8 Å². The van der Waals surface area contributed by atoms with Gasteiger partial charge in [-0.15, -0.1) is 0 Å². The lowest BCUT2D eigenvalue weighted by Gasteiger charge is -2.33. The van der Waals surface area contributed by atoms with E-state index < -0.39 is 0 Å². The van der Waals surface area contributed by atoms with Crippen molar-refractivity contribution in [3.63, 3.8) is 0 Å². The number of hydrogen-bond donors (Lipinski definition) is 0. The van der Waals surface area contributed by atoms with E-state index in [9.17, 15) is 0 Å². The zero-order valence-electron chi connectivity index (χ0n) is 18.0. The van der Waals surface area contributed by atoms with Crippen molar-refractivity contribution < 1.29 is 0 Å². The van der Waals surface area contributed by atoms with E-state index >= 15 is 0 Å². The van der Waals surface area contributed by atoms with Crippen LogP contribution in [0.5, 0.6) is 0 Å². The van der Waals surface area contributed by atoms with Gasteiger partial charge in [-0.3, -0.25) is 9.36 Å². The number of halogens is 1. The SMILES string of the molecule is CCC(CC)n1cc(-c2nc(-c3cnn(CC4CC(CI)C4)c3)cn3nccc23)cn1. The fourth-order valence-corrected chi connectivity index (χ4v) is 5.33. The number of alkyl halides is 1. The number of aromatic nitrogens is 7. The van der Waals surface area contributed by atoms with Gasteiger partial charge < -0.3 is 0 Å². The third-order valence-corrected chi connectivity index (χ3v) is 7.75. The molecule has 0 amide bonds. The number of rotatable bonds is 8. The topological polar surface area (TPSA) is 65.8 Å². The van der Waals surface area contributed by atoms with Gasteiger partial charge in [0.05, 0.1) is 47.7 Å². The Morgan fingerprint density at radius 2 is 1.81 bits per heavy atom. The third kappa shape index (κ3) is 4.02. The van der Waals surface area contributed by atoms with E-state index in [1.165, 1.54) is 17.3 Å².